The molecule has 2 atom stereocenters. The lowest BCUT2D eigenvalue weighted by Crippen LogP contribution is -2.32. The molecule has 0 aromatic carbocycles. The van der Waals surface area contributed by atoms with Gasteiger partial charge in [-0.3, -0.25) is 0 Å². The molecule has 26 heavy (non-hydrogen) atoms. The van der Waals surface area contributed by atoms with E-state index in [2.05, 4.69) is 6.92 Å². The highest BCUT2D eigenvalue weighted by Crippen LogP contribution is 2.39. The summed E-state index contributed by atoms with van der Waals surface area (Å²) in [5, 5.41) is 0. The van der Waals surface area contributed by atoms with E-state index in [1.54, 1.807) is 0 Å². The van der Waals surface area contributed by atoms with Crippen LogP contribution in [0.3, 0.4) is 0 Å². The van der Waals surface area contributed by atoms with E-state index in [-0.39, 0.29) is 11.5 Å². The maximum Gasteiger partial charge on any atom is 0.199 e. The summed E-state index contributed by atoms with van der Waals surface area (Å²) in [4.78, 5) is 0. The molecule has 3 aliphatic rings. The van der Waals surface area contributed by atoms with Crippen LogP contribution in [0.5, 0.6) is 0 Å². The lowest BCUT2D eigenvalue weighted by molar-refractivity contribution is -0.0412. The van der Waals surface area contributed by atoms with E-state index in [4.69, 9.17) is 14.2 Å². The molecule has 0 spiro atoms. The largest absolute Gasteiger partial charge is 0.498 e. The molecule has 0 radical (unpaired) electrons. The van der Waals surface area contributed by atoms with E-state index in [1.807, 2.05) is 0 Å². The Morgan fingerprint density at radius 2 is 1.58 bits per heavy atom. The van der Waals surface area contributed by atoms with Crippen LogP contribution in [0, 0.1) is 17.8 Å². The molecular weight excluding hydrogens is 338 g/mol. The summed E-state index contributed by atoms with van der Waals surface area (Å²) in [5.41, 5.74) is 0. The number of halogens is 2. The molecule has 1 saturated heterocycles. The normalized spacial score (nSPS) is 33.4. The zero-order valence-corrected chi connectivity index (χ0v) is 16.1. The minimum atomic E-state index is -0.903. The second-order valence-corrected chi connectivity index (χ2v) is 7.97. The van der Waals surface area contributed by atoms with Crippen molar-refractivity contribution in [1.29, 1.82) is 0 Å². The summed E-state index contributed by atoms with van der Waals surface area (Å²) in [5.74, 6) is 0.332. The van der Waals surface area contributed by atoms with E-state index in [1.165, 1.54) is 32.8 Å². The quantitative estimate of drug-likeness (QED) is 0.590. The predicted molar refractivity (Wildman–Crippen MR) is 96.7 cm³/mol. The molecule has 0 N–H and O–H groups in total. The van der Waals surface area contributed by atoms with Gasteiger partial charge in [-0.2, -0.15) is 8.78 Å². The fourth-order valence-corrected chi connectivity index (χ4v) is 4.58. The molecule has 148 valence electrons. The smallest absolute Gasteiger partial charge is 0.199 e. The Kier molecular flexibility index (Phi) is 6.96. The Morgan fingerprint density at radius 3 is 2.19 bits per heavy atom. The van der Waals surface area contributed by atoms with Crippen LogP contribution >= 0.6 is 0 Å². The van der Waals surface area contributed by atoms with Gasteiger partial charge in [0.05, 0.1) is 26.4 Å². The molecule has 5 heteroatoms. The van der Waals surface area contributed by atoms with Crippen LogP contribution in [0.4, 0.5) is 8.78 Å². The van der Waals surface area contributed by atoms with Crippen LogP contribution in [0.1, 0.15) is 64.7 Å². The summed E-state index contributed by atoms with van der Waals surface area (Å²) < 4.78 is 44.3. The molecule has 0 bridgehead atoms. The van der Waals surface area contributed by atoms with Gasteiger partial charge in [-0.25, -0.2) is 0 Å². The number of hydrogen-bond donors (Lipinski definition) is 0. The SMILES string of the molecule is CCC1CCC(C2CCC(COC3=C(F)C(F)=C(OC)CC3)CC2)CO1. The van der Waals surface area contributed by atoms with Crippen molar-refractivity contribution >= 4 is 0 Å². The van der Waals surface area contributed by atoms with Gasteiger partial charge in [0.1, 0.15) is 11.5 Å². The summed E-state index contributed by atoms with van der Waals surface area (Å²) in [6.07, 6.45) is 9.40. The van der Waals surface area contributed by atoms with E-state index >= 15 is 0 Å². The maximum atomic E-state index is 14.0. The maximum absolute atomic E-state index is 14.0. The van der Waals surface area contributed by atoms with Gasteiger partial charge < -0.3 is 14.2 Å². The third-order valence-corrected chi connectivity index (χ3v) is 6.42. The minimum Gasteiger partial charge on any atom is -0.498 e. The molecule has 3 nitrogen and oxygen atoms in total. The van der Waals surface area contributed by atoms with Crippen LogP contribution < -0.4 is 0 Å². The number of ether oxygens (including phenoxy) is 3. The molecule has 2 unspecified atom stereocenters. The predicted octanol–water partition coefficient (Wildman–Crippen LogP) is 5.82. The van der Waals surface area contributed by atoms with Crippen molar-refractivity contribution in [2.45, 2.75) is 70.8 Å². The Hall–Kier alpha value is -1.10. The van der Waals surface area contributed by atoms with Crippen LogP contribution in [0.25, 0.3) is 0 Å². The zero-order valence-electron chi connectivity index (χ0n) is 16.1. The van der Waals surface area contributed by atoms with Gasteiger partial charge in [-0.15, -0.1) is 0 Å². The van der Waals surface area contributed by atoms with Crippen molar-refractivity contribution in [3.05, 3.63) is 23.2 Å². The monoisotopic (exact) mass is 370 g/mol. The highest BCUT2D eigenvalue weighted by molar-refractivity contribution is 5.29. The summed E-state index contributed by atoms with van der Waals surface area (Å²) in [6.45, 7) is 3.60. The van der Waals surface area contributed by atoms with Gasteiger partial charge in [0.25, 0.3) is 0 Å². The van der Waals surface area contributed by atoms with Gasteiger partial charge in [0.2, 0.25) is 0 Å². The first-order valence-corrected chi connectivity index (χ1v) is 10.2. The van der Waals surface area contributed by atoms with Crippen molar-refractivity contribution in [2.75, 3.05) is 20.3 Å². The highest BCUT2D eigenvalue weighted by atomic mass is 19.2. The first-order valence-electron chi connectivity index (χ1n) is 10.2. The number of methoxy groups -OCH3 is 1. The minimum absolute atomic E-state index is 0.0790. The molecule has 0 aromatic heterocycles. The Bertz CT molecular complexity index is 527. The van der Waals surface area contributed by atoms with Gasteiger partial charge in [-0.05, 0) is 62.7 Å². The van der Waals surface area contributed by atoms with Gasteiger partial charge in [-0.1, -0.05) is 6.92 Å². The first kappa shape index (κ1) is 19.7. The molecule has 1 saturated carbocycles. The van der Waals surface area contributed by atoms with Crippen molar-refractivity contribution in [2.24, 2.45) is 17.8 Å². The van der Waals surface area contributed by atoms with Crippen LogP contribution in [-0.4, -0.2) is 26.4 Å². The third-order valence-electron chi connectivity index (χ3n) is 6.42. The molecular formula is C21H32F2O3. The van der Waals surface area contributed by atoms with Crippen molar-refractivity contribution < 1.29 is 23.0 Å². The highest BCUT2D eigenvalue weighted by Gasteiger charge is 2.32. The molecule has 0 aromatic rings. The Morgan fingerprint density at radius 1 is 0.923 bits per heavy atom. The van der Waals surface area contributed by atoms with Gasteiger partial charge in [0, 0.05) is 12.8 Å². The lowest BCUT2D eigenvalue weighted by atomic mass is 9.74. The van der Waals surface area contributed by atoms with Crippen LogP contribution in [0.15, 0.2) is 23.2 Å². The molecule has 2 aliphatic carbocycles. The Labute approximate surface area is 155 Å². The molecule has 3 rings (SSSR count). The van der Waals surface area contributed by atoms with Crippen molar-refractivity contribution in [3.63, 3.8) is 0 Å². The van der Waals surface area contributed by atoms with E-state index in [0.717, 1.165) is 31.8 Å². The van der Waals surface area contributed by atoms with Gasteiger partial charge >= 0.3 is 0 Å². The number of hydrogen-bond acceptors (Lipinski definition) is 3. The zero-order chi connectivity index (χ0) is 18.5. The fraction of sp³-hybridized carbons (Fsp3) is 0.810. The summed E-state index contributed by atoms with van der Waals surface area (Å²) >= 11 is 0. The molecule has 1 heterocycles. The second kappa shape index (κ2) is 9.20. The summed E-state index contributed by atoms with van der Waals surface area (Å²) in [7, 11) is 1.37. The van der Waals surface area contributed by atoms with Crippen molar-refractivity contribution in [1.82, 2.24) is 0 Å². The number of rotatable bonds is 6. The van der Waals surface area contributed by atoms with E-state index < -0.39 is 11.7 Å². The topological polar surface area (TPSA) is 27.7 Å². The number of allylic oxidation sites excluding steroid dienone is 4. The first-order chi connectivity index (χ1) is 12.6. The summed E-state index contributed by atoms with van der Waals surface area (Å²) in [6, 6.07) is 0. The van der Waals surface area contributed by atoms with Gasteiger partial charge in [0.15, 0.2) is 11.7 Å². The Balaban J connectivity index is 1.42. The average molecular weight is 370 g/mol. The van der Waals surface area contributed by atoms with Crippen LogP contribution in [0.2, 0.25) is 0 Å². The molecule has 1 aliphatic heterocycles. The molecule has 0 amide bonds. The average Bonchev–Trinajstić information content (AvgIpc) is 2.70. The third kappa shape index (κ3) is 4.59. The lowest BCUT2D eigenvalue weighted by Gasteiger charge is -2.37. The van der Waals surface area contributed by atoms with Crippen molar-refractivity contribution in [3.8, 4) is 0 Å². The van der Waals surface area contributed by atoms with E-state index in [0.29, 0.717) is 37.4 Å². The standard InChI is InChI=1S/C21H32F2O3/c1-3-17-9-8-16(13-25-17)15-6-4-14(5-7-15)12-26-19-11-10-18(24-2)20(22)21(19)23/h14-17H,3-13H2,1-2H3. The van der Waals surface area contributed by atoms with Crippen LogP contribution in [-0.2, 0) is 14.2 Å². The second-order valence-electron chi connectivity index (χ2n) is 7.97. The molecule has 2 fully saturated rings. The fourth-order valence-electron chi connectivity index (χ4n) is 4.58. The van der Waals surface area contributed by atoms with E-state index in [9.17, 15) is 8.78 Å².